The van der Waals surface area contributed by atoms with E-state index in [4.69, 9.17) is 0 Å². The maximum Gasteiger partial charge on any atom is 0.0620 e. The van der Waals surface area contributed by atoms with Gasteiger partial charge in [-0.1, -0.05) is 6.92 Å². The van der Waals surface area contributed by atoms with Gasteiger partial charge in [-0.3, -0.25) is 0 Å². The lowest BCUT2D eigenvalue weighted by atomic mass is 9.70. The summed E-state index contributed by atoms with van der Waals surface area (Å²) in [5.41, 5.74) is 0.391. The van der Waals surface area contributed by atoms with Crippen LogP contribution in [0.25, 0.3) is 0 Å². The van der Waals surface area contributed by atoms with Gasteiger partial charge < -0.3 is 5.11 Å². The van der Waals surface area contributed by atoms with Crippen molar-refractivity contribution in [1.82, 2.24) is 0 Å². The number of fused-ring (bicyclic) bond motifs is 1. The molecule has 0 bridgehead atoms. The van der Waals surface area contributed by atoms with Crippen LogP contribution in [0.5, 0.6) is 0 Å². The molecule has 3 aliphatic carbocycles. The van der Waals surface area contributed by atoms with Crippen molar-refractivity contribution in [1.29, 1.82) is 0 Å². The SMILES string of the molecule is CC1(O)CCC(C2(C)C3CC32)CC1. The molecule has 13 heavy (non-hydrogen) atoms. The highest BCUT2D eigenvalue weighted by molar-refractivity contribution is 5.23. The Hall–Kier alpha value is -0.0400. The molecule has 3 rings (SSSR count). The molecule has 0 aromatic rings. The third kappa shape index (κ3) is 1.03. The van der Waals surface area contributed by atoms with Gasteiger partial charge in [-0.2, -0.15) is 0 Å². The quantitative estimate of drug-likeness (QED) is 0.657. The molecule has 0 saturated heterocycles. The Kier molecular flexibility index (Phi) is 1.36. The van der Waals surface area contributed by atoms with Gasteiger partial charge in [-0.25, -0.2) is 0 Å². The summed E-state index contributed by atoms with van der Waals surface area (Å²) in [4.78, 5) is 0. The van der Waals surface area contributed by atoms with Crippen LogP contribution in [0.15, 0.2) is 0 Å². The van der Waals surface area contributed by atoms with E-state index in [-0.39, 0.29) is 5.60 Å². The Morgan fingerprint density at radius 3 is 2.00 bits per heavy atom. The van der Waals surface area contributed by atoms with Crippen LogP contribution in [-0.4, -0.2) is 10.7 Å². The van der Waals surface area contributed by atoms with Gasteiger partial charge in [-0.15, -0.1) is 0 Å². The number of aliphatic hydroxyl groups is 1. The topological polar surface area (TPSA) is 20.2 Å². The first-order valence-corrected chi connectivity index (χ1v) is 5.76. The van der Waals surface area contributed by atoms with Gasteiger partial charge in [0.25, 0.3) is 0 Å². The smallest absolute Gasteiger partial charge is 0.0620 e. The zero-order valence-electron chi connectivity index (χ0n) is 8.71. The molecule has 0 spiro atoms. The van der Waals surface area contributed by atoms with Crippen LogP contribution in [0.3, 0.4) is 0 Å². The summed E-state index contributed by atoms with van der Waals surface area (Å²) in [5, 5.41) is 9.86. The van der Waals surface area contributed by atoms with Crippen molar-refractivity contribution in [3.63, 3.8) is 0 Å². The average molecular weight is 180 g/mol. The largest absolute Gasteiger partial charge is 0.390 e. The first-order chi connectivity index (χ1) is 6.04. The summed E-state index contributed by atoms with van der Waals surface area (Å²) in [6, 6.07) is 0. The Balaban J connectivity index is 1.64. The molecule has 3 aliphatic rings. The van der Waals surface area contributed by atoms with E-state index in [1.54, 1.807) is 0 Å². The second kappa shape index (κ2) is 2.13. The summed E-state index contributed by atoms with van der Waals surface area (Å²) in [6.07, 6.45) is 6.13. The molecule has 0 heterocycles. The first-order valence-electron chi connectivity index (χ1n) is 5.76. The van der Waals surface area contributed by atoms with E-state index in [1.165, 1.54) is 19.3 Å². The fourth-order valence-corrected chi connectivity index (χ4v) is 3.73. The van der Waals surface area contributed by atoms with Crippen molar-refractivity contribution in [3.8, 4) is 0 Å². The molecular formula is C12H20O. The molecule has 0 aliphatic heterocycles. The lowest BCUT2D eigenvalue weighted by molar-refractivity contribution is -0.00811. The maximum absolute atomic E-state index is 9.86. The number of rotatable bonds is 1. The van der Waals surface area contributed by atoms with Crippen LogP contribution < -0.4 is 0 Å². The van der Waals surface area contributed by atoms with E-state index in [9.17, 15) is 5.11 Å². The minimum Gasteiger partial charge on any atom is -0.390 e. The van der Waals surface area contributed by atoms with Crippen LogP contribution in [0.4, 0.5) is 0 Å². The molecule has 1 N–H and O–H groups in total. The van der Waals surface area contributed by atoms with Crippen molar-refractivity contribution in [2.75, 3.05) is 0 Å². The summed E-state index contributed by atoms with van der Waals surface area (Å²) in [5.74, 6) is 3.14. The van der Waals surface area contributed by atoms with E-state index in [2.05, 4.69) is 6.92 Å². The highest BCUT2D eigenvalue weighted by atomic mass is 16.3. The van der Waals surface area contributed by atoms with E-state index in [0.717, 1.165) is 36.0 Å². The first kappa shape index (κ1) is 8.28. The van der Waals surface area contributed by atoms with Crippen molar-refractivity contribution >= 4 is 0 Å². The maximum atomic E-state index is 9.86. The van der Waals surface area contributed by atoms with E-state index < -0.39 is 0 Å². The van der Waals surface area contributed by atoms with E-state index in [0.29, 0.717) is 0 Å². The molecule has 3 saturated carbocycles. The monoisotopic (exact) mass is 180 g/mol. The highest BCUT2D eigenvalue weighted by Crippen LogP contribution is 2.81. The summed E-state index contributed by atoms with van der Waals surface area (Å²) < 4.78 is 0. The Morgan fingerprint density at radius 1 is 1.08 bits per heavy atom. The second-order valence-corrected chi connectivity index (χ2v) is 6.09. The molecule has 2 unspecified atom stereocenters. The summed E-state index contributed by atoms with van der Waals surface area (Å²) in [6.45, 7) is 4.48. The lowest BCUT2D eigenvalue weighted by Crippen LogP contribution is -2.34. The van der Waals surface area contributed by atoms with Crippen LogP contribution in [-0.2, 0) is 0 Å². The normalized spacial score (nSPS) is 64.4. The molecule has 1 heteroatoms. The molecule has 2 atom stereocenters. The molecule has 0 aromatic carbocycles. The van der Waals surface area contributed by atoms with Crippen LogP contribution in [0.2, 0.25) is 0 Å². The Bertz CT molecular complexity index is 226. The fraction of sp³-hybridized carbons (Fsp3) is 1.00. The average Bonchev–Trinajstić information content (AvgIpc) is 2.91. The van der Waals surface area contributed by atoms with Crippen LogP contribution in [0, 0.1) is 23.2 Å². The number of hydrogen-bond donors (Lipinski definition) is 1. The molecule has 74 valence electrons. The van der Waals surface area contributed by atoms with Gasteiger partial charge in [0, 0.05) is 0 Å². The van der Waals surface area contributed by atoms with Crippen molar-refractivity contribution in [3.05, 3.63) is 0 Å². The van der Waals surface area contributed by atoms with Gasteiger partial charge in [0.05, 0.1) is 5.60 Å². The molecule has 0 radical (unpaired) electrons. The predicted octanol–water partition coefficient (Wildman–Crippen LogP) is 2.58. The molecule has 0 aromatic heterocycles. The van der Waals surface area contributed by atoms with Crippen molar-refractivity contribution in [2.24, 2.45) is 23.2 Å². The van der Waals surface area contributed by atoms with E-state index >= 15 is 0 Å². The van der Waals surface area contributed by atoms with Crippen LogP contribution in [0.1, 0.15) is 46.0 Å². The van der Waals surface area contributed by atoms with Crippen LogP contribution >= 0.6 is 0 Å². The van der Waals surface area contributed by atoms with Crippen molar-refractivity contribution in [2.45, 2.75) is 51.6 Å². The standard InChI is InChI=1S/C12H20O/c1-11(13)5-3-8(4-6-11)12(2)9-7-10(9)12/h8-10,13H,3-7H2,1-2H3. The minimum absolute atomic E-state index is 0.341. The predicted molar refractivity (Wildman–Crippen MR) is 52.3 cm³/mol. The third-order valence-electron chi connectivity index (χ3n) is 5.22. The van der Waals surface area contributed by atoms with Crippen molar-refractivity contribution < 1.29 is 5.11 Å². The van der Waals surface area contributed by atoms with Gasteiger partial charge >= 0.3 is 0 Å². The summed E-state index contributed by atoms with van der Waals surface area (Å²) in [7, 11) is 0. The zero-order valence-corrected chi connectivity index (χ0v) is 8.71. The minimum atomic E-state index is -0.341. The number of hydrogen-bond acceptors (Lipinski definition) is 1. The molecule has 0 amide bonds. The second-order valence-electron chi connectivity index (χ2n) is 6.09. The third-order valence-corrected chi connectivity index (χ3v) is 5.22. The van der Waals surface area contributed by atoms with Gasteiger partial charge in [0.2, 0.25) is 0 Å². The van der Waals surface area contributed by atoms with Gasteiger partial charge in [-0.05, 0) is 62.2 Å². The lowest BCUT2D eigenvalue weighted by Gasteiger charge is -2.38. The Morgan fingerprint density at radius 2 is 1.62 bits per heavy atom. The van der Waals surface area contributed by atoms with Gasteiger partial charge in [0.1, 0.15) is 0 Å². The molecule has 1 nitrogen and oxygen atoms in total. The summed E-state index contributed by atoms with van der Waals surface area (Å²) >= 11 is 0. The van der Waals surface area contributed by atoms with E-state index in [1.807, 2.05) is 6.92 Å². The zero-order chi connectivity index (χ0) is 9.27. The van der Waals surface area contributed by atoms with Gasteiger partial charge in [0.15, 0.2) is 0 Å². The molecule has 3 fully saturated rings. The highest BCUT2D eigenvalue weighted by Gasteiger charge is 2.75. The fourth-order valence-electron chi connectivity index (χ4n) is 3.73. The molecular weight excluding hydrogens is 160 g/mol. The Labute approximate surface area is 80.5 Å².